The van der Waals surface area contributed by atoms with Gasteiger partial charge in [0.05, 0.1) is 5.71 Å². The number of halogens is 5. The number of hydrogen-bond donors (Lipinski definition) is 0. The van der Waals surface area contributed by atoms with Crippen LogP contribution in [0.1, 0.15) is 28.7 Å². The van der Waals surface area contributed by atoms with E-state index in [-0.39, 0.29) is 21.3 Å². The molecule has 0 spiro atoms. The van der Waals surface area contributed by atoms with Crippen molar-refractivity contribution in [3.05, 3.63) is 69.2 Å². The van der Waals surface area contributed by atoms with Gasteiger partial charge in [-0.05, 0) is 41.8 Å². The van der Waals surface area contributed by atoms with Gasteiger partial charge in [0.25, 0.3) is 5.60 Å². The molecule has 0 N–H and O–H groups in total. The molecule has 0 amide bonds. The first kappa shape index (κ1) is 20.2. The Morgan fingerprint density at radius 1 is 1.22 bits per heavy atom. The quantitative estimate of drug-likeness (QED) is 0.543. The molecule has 0 aliphatic carbocycles. The van der Waals surface area contributed by atoms with Gasteiger partial charge in [0, 0.05) is 27.3 Å². The van der Waals surface area contributed by atoms with E-state index in [0.29, 0.717) is 10.9 Å². The van der Waals surface area contributed by atoms with Crippen molar-refractivity contribution < 1.29 is 18.0 Å². The van der Waals surface area contributed by atoms with Gasteiger partial charge in [-0.15, -0.1) is 9.24 Å². The van der Waals surface area contributed by atoms with Crippen molar-refractivity contribution in [1.82, 2.24) is 0 Å². The van der Waals surface area contributed by atoms with Crippen molar-refractivity contribution in [2.24, 2.45) is 5.16 Å². The highest BCUT2D eigenvalue weighted by Crippen LogP contribution is 2.49. The summed E-state index contributed by atoms with van der Waals surface area (Å²) in [5.74, 6) is 0. The second kappa shape index (κ2) is 7.12. The fourth-order valence-corrected chi connectivity index (χ4v) is 3.61. The third-order valence-electron chi connectivity index (χ3n) is 4.55. The summed E-state index contributed by atoms with van der Waals surface area (Å²) >= 11 is 12.1. The van der Waals surface area contributed by atoms with Crippen LogP contribution in [-0.4, -0.2) is 11.9 Å². The summed E-state index contributed by atoms with van der Waals surface area (Å²) in [6.45, 7) is 5.56. The number of aryl methyl sites for hydroxylation is 1. The zero-order valence-electron chi connectivity index (χ0n) is 14.2. The molecule has 2 unspecified atom stereocenters. The monoisotopic (exact) mass is 431 g/mol. The summed E-state index contributed by atoms with van der Waals surface area (Å²) < 4.78 is 42.1. The van der Waals surface area contributed by atoms with Crippen LogP contribution >= 0.6 is 32.4 Å². The topological polar surface area (TPSA) is 21.6 Å². The third-order valence-corrected chi connectivity index (χ3v) is 6.17. The first-order chi connectivity index (χ1) is 12.6. The lowest BCUT2D eigenvalue weighted by molar-refractivity contribution is -0.275. The van der Waals surface area contributed by atoms with E-state index in [0.717, 1.165) is 11.1 Å². The summed E-state index contributed by atoms with van der Waals surface area (Å²) in [5, 5.41) is 4.40. The number of alkyl halides is 3. The third kappa shape index (κ3) is 3.49. The number of nitrogens with zero attached hydrogens (tertiary/aromatic N) is 1. The van der Waals surface area contributed by atoms with Crippen LogP contribution in [0.25, 0.3) is 6.08 Å². The van der Waals surface area contributed by atoms with Gasteiger partial charge in [-0.25, -0.2) is 0 Å². The summed E-state index contributed by atoms with van der Waals surface area (Å²) in [4.78, 5) is 5.02. The molecular weight excluding hydrogens is 417 g/mol. The van der Waals surface area contributed by atoms with Crippen molar-refractivity contribution in [1.29, 1.82) is 0 Å². The minimum Gasteiger partial charge on any atom is -0.374 e. The van der Waals surface area contributed by atoms with E-state index in [1.165, 1.54) is 12.1 Å². The van der Waals surface area contributed by atoms with Gasteiger partial charge in [0.2, 0.25) is 0 Å². The van der Waals surface area contributed by atoms with Crippen molar-refractivity contribution in [2.75, 3.05) is 0 Å². The van der Waals surface area contributed by atoms with Crippen molar-refractivity contribution in [2.45, 2.75) is 25.1 Å². The second-order valence-corrected chi connectivity index (χ2v) is 7.65. The van der Waals surface area contributed by atoms with E-state index in [4.69, 9.17) is 28.0 Å². The molecule has 8 heteroatoms. The summed E-state index contributed by atoms with van der Waals surface area (Å²) in [6.07, 6.45) is -3.52. The SMILES string of the molecule is C=Cc1ccc(C2=NOC(c3cc(Cl)c(P)c(Cl)c3)(C(F)(F)F)C2)cc1C. The molecule has 0 radical (unpaired) electrons. The molecular formula is C19H15Cl2F3NOP. The zero-order valence-corrected chi connectivity index (χ0v) is 16.9. The largest absolute Gasteiger partial charge is 0.435 e. The van der Waals surface area contributed by atoms with Gasteiger partial charge in [0.1, 0.15) is 0 Å². The summed E-state index contributed by atoms with van der Waals surface area (Å²) in [7, 11) is 2.30. The van der Waals surface area contributed by atoms with E-state index in [1.807, 2.05) is 6.92 Å². The maximum atomic E-state index is 14.0. The molecule has 0 aromatic heterocycles. The highest BCUT2D eigenvalue weighted by Gasteiger charge is 2.62. The minimum atomic E-state index is -4.72. The fraction of sp³-hybridized carbons (Fsp3) is 0.211. The van der Waals surface area contributed by atoms with Gasteiger partial charge < -0.3 is 4.84 Å². The standard InChI is InChI=1S/C19H15Cl2F3NOP/c1-3-11-4-5-12(6-10(11)2)16-9-18(26-25-16,19(22,23)24)13-7-14(20)17(27)15(21)8-13/h3-8H,1,9,27H2,2H3. The highest BCUT2D eigenvalue weighted by molar-refractivity contribution is 7.28. The molecule has 142 valence electrons. The first-order valence-corrected chi connectivity index (χ1v) is 9.22. The Hall–Kier alpha value is -1.55. The Bertz CT molecular complexity index is 935. The molecule has 1 aliphatic heterocycles. The number of benzene rings is 2. The van der Waals surface area contributed by atoms with E-state index >= 15 is 0 Å². The molecule has 2 aromatic rings. The first-order valence-electron chi connectivity index (χ1n) is 7.89. The van der Waals surface area contributed by atoms with Gasteiger partial charge in [-0.2, -0.15) is 13.2 Å². The van der Waals surface area contributed by atoms with Gasteiger partial charge >= 0.3 is 6.18 Å². The minimum absolute atomic E-state index is 0.106. The molecule has 2 nitrogen and oxygen atoms in total. The predicted octanol–water partition coefficient (Wildman–Crippen LogP) is 6.03. The van der Waals surface area contributed by atoms with Gasteiger partial charge in [0.15, 0.2) is 0 Å². The zero-order chi connectivity index (χ0) is 20.0. The molecule has 0 fully saturated rings. The second-order valence-electron chi connectivity index (χ2n) is 6.26. The van der Waals surface area contributed by atoms with Crippen LogP contribution in [0.15, 0.2) is 42.1 Å². The van der Waals surface area contributed by atoms with Gasteiger partial charge in [-0.1, -0.05) is 53.1 Å². The molecule has 1 heterocycles. The maximum Gasteiger partial charge on any atom is 0.435 e. The van der Waals surface area contributed by atoms with Crippen molar-refractivity contribution >= 4 is 49.5 Å². The number of oxime groups is 1. The molecule has 0 saturated heterocycles. The van der Waals surface area contributed by atoms with Crippen molar-refractivity contribution in [3.8, 4) is 0 Å². The molecule has 2 atom stereocenters. The van der Waals surface area contributed by atoms with Crippen LogP contribution in [0.5, 0.6) is 0 Å². The molecule has 27 heavy (non-hydrogen) atoms. The number of hydrogen-bond acceptors (Lipinski definition) is 2. The Morgan fingerprint density at radius 2 is 1.85 bits per heavy atom. The Balaban J connectivity index is 2.05. The molecule has 1 aliphatic rings. The van der Waals surface area contributed by atoms with Crippen LogP contribution in [-0.2, 0) is 10.4 Å². The van der Waals surface area contributed by atoms with Crippen LogP contribution in [0.3, 0.4) is 0 Å². The van der Waals surface area contributed by atoms with Crippen LogP contribution in [0, 0.1) is 6.92 Å². The number of rotatable bonds is 3. The molecule has 0 bridgehead atoms. The Morgan fingerprint density at radius 3 is 2.37 bits per heavy atom. The Kier molecular flexibility index (Phi) is 5.33. The summed E-state index contributed by atoms with van der Waals surface area (Å²) in [6, 6.07) is 7.67. The van der Waals surface area contributed by atoms with E-state index in [1.54, 1.807) is 24.3 Å². The predicted molar refractivity (Wildman–Crippen MR) is 107 cm³/mol. The average molecular weight is 432 g/mol. The molecule has 2 aromatic carbocycles. The lowest BCUT2D eigenvalue weighted by Gasteiger charge is -2.30. The molecule has 3 rings (SSSR count). The molecule has 0 saturated carbocycles. The summed E-state index contributed by atoms with van der Waals surface area (Å²) in [5.41, 5.74) is -0.284. The fourth-order valence-electron chi connectivity index (χ4n) is 2.96. The smallest absolute Gasteiger partial charge is 0.374 e. The van der Waals surface area contributed by atoms with Crippen LogP contribution in [0.4, 0.5) is 13.2 Å². The lowest BCUT2D eigenvalue weighted by atomic mass is 9.86. The van der Waals surface area contributed by atoms with E-state index < -0.39 is 18.2 Å². The van der Waals surface area contributed by atoms with E-state index in [2.05, 4.69) is 21.0 Å². The van der Waals surface area contributed by atoms with Crippen LogP contribution in [0.2, 0.25) is 10.0 Å². The maximum absolute atomic E-state index is 14.0. The normalized spacial score (nSPS) is 19.6. The highest BCUT2D eigenvalue weighted by atomic mass is 35.5. The van der Waals surface area contributed by atoms with Crippen molar-refractivity contribution in [3.63, 3.8) is 0 Å². The lowest BCUT2D eigenvalue weighted by Crippen LogP contribution is -2.42. The Labute approximate surface area is 167 Å². The van der Waals surface area contributed by atoms with Gasteiger partial charge in [-0.3, -0.25) is 0 Å². The van der Waals surface area contributed by atoms with E-state index in [9.17, 15) is 13.2 Å². The van der Waals surface area contributed by atoms with Crippen LogP contribution < -0.4 is 5.30 Å². The average Bonchev–Trinajstić information content (AvgIpc) is 3.06.